The molecule has 1 fully saturated rings. The summed E-state index contributed by atoms with van der Waals surface area (Å²) >= 11 is 0. The van der Waals surface area contributed by atoms with Gasteiger partial charge in [0.15, 0.2) is 0 Å². The van der Waals surface area contributed by atoms with Gasteiger partial charge in [0.1, 0.15) is 5.82 Å². The minimum atomic E-state index is -0.278. The normalized spacial score (nSPS) is 18.8. The first-order valence-electron chi connectivity index (χ1n) is 7.43. The van der Waals surface area contributed by atoms with Gasteiger partial charge in [0, 0.05) is 19.6 Å². The summed E-state index contributed by atoms with van der Waals surface area (Å²) in [5.74, 6) is 5.95. The molecule has 3 nitrogen and oxygen atoms in total. The number of hydrogen-bond donors (Lipinski definition) is 1. The Morgan fingerprint density at radius 2 is 2.29 bits per heavy atom. The molecule has 0 aliphatic carbocycles. The van der Waals surface area contributed by atoms with E-state index in [-0.39, 0.29) is 12.4 Å². The van der Waals surface area contributed by atoms with Crippen LogP contribution in [0.5, 0.6) is 0 Å². The average molecular weight is 289 g/mol. The van der Waals surface area contributed by atoms with Gasteiger partial charge < -0.3 is 15.5 Å². The second-order valence-corrected chi connectivity index (χ2v) is 5.93. The smallest absolute Gasteiger partial charge is 0.138 e. The van der Waals surface area contributed by atoms with Crippen molar-refractivity contribution in [3.63, 3.8) is 0 Å². The van der Waals surface area contributed by atoms with E-state index in [4.69, 9.17) is 5.73 Å². The van der Waals surface area contributed by atoms with E-state index in [1.165, 1.54) is 25.6 Å². The molecule has 0 spiro atoms. The fourth-order valence-electron chi connectivity index (χ4n) is 2.91. The molecule has 0 bridgehead atoms. The summed E-state index contributed by atoms with van der Waals surface area (Å²) < 4.78 is 13.6. The average Bonchev–Trinajstić information content (AvgIpc) is 2.84. The fraction of sp³-hybridized carbons (Fsp3) is 0.529. The second-order valence-electron chi connectivity index (χ2n) is 5.93. The van der Waals surface area contributed by atoms with E-state index in [9.17, 15) is 4.39 Å². The molecule has 114 valence electrons. The highest BCUT2D eigenvalue weighted by Crippen LogP contribution is 2.17. The molecule has 2 rings (SSSR count). The van der Waals surface area contributed by atoms with E-state index >= 15 is 0 Å². The number of rotatable bonds is 4. The van der Waals surface area contributed by atoms with Gasteiger partial charge in [-0.25, -0.2) is 4.39 Å². The van der Waals surface area contributed by atoms with Gasteiger partial charge in [-0.15, -0.1) is 0 Å². The molecule has 1 aliphatic rings. The molecule has 1 aromatic carbocycles. The summed E-state index contributed by atoms with van der Waals surface area (Å²) in [5, 5.41) is 0. The van der Waals surface area contributed by atoms with E-state index in [1.807, 2.05) is 12.1 Å². The highest BCUT2D eigenvalue weighted by atomic mass is 19.1. The first-order chi connectivity index (χ1) is 10.1. The zero-order valence-electron chi connectivity index (χ0n) is 12.9. The third-order valence-electron chi connectivity index (χ3n) is 3.87. The molecule has 1 aromatic rings. The Kier molecular flexibility index (Phi) is 5.75. The van der Waals surface area contributed by atoms with E-state index < -0.39 is 0 Å². The number of likely N-dealkylation sites (tertiary alicyclic amines) is 1. The van der Waals surface area contributed by atoms with Gasteiger partial charge in [-0.2, -0.15) is 0 Å². The molecule has 1 atom stereocenters. The van der Waals surface area contributed by atoms with E-state index in [1.54, 1.807) is 0 Å². The highest BCUT2D eigenvalue weighted by molar-refractivity contribution is 5.38. The van der Waals surface area contributed by atoms with Gasteiger partial charge >= 0.3 is 0 Å². The molecule has 1 heterocycles. The molecule has 21 heavy (non-hydrogen) atoms. The molecule has 1 saturated heterocycles. The molecular weight excluding hydrogens is 265 g/mol. The van der Waals surface area contributed by atoms with Crippen LogP contribution in [-0.4, -0.2) is 50.1 Å². The van der Waals surface area contributed by atoms with Crippen molar-refractivity contribution in [2.75, 3.05) is 40.3 Å². The van der Waals surface area contributed by atoms with Crippen molar-refractivity contribution in [3.8, 4) is 11.8 Å². The van der Waals surface area contributed by atoms with Crippen LogP contribution in [0.3, 0.4) is 0 Å². The van der Waals surface area contributed by atoms with Crippen LogP contribution in [0.4, 0.5) is 4.39 Å². The van der Waals surface area contributed by atoms with Crippen LogP contribution in [0.25, 0.3) is 0 Å². The Morgan fingerprint density at radius 3 is 2.95 bits per heavy atom. The van der Waals surface area contributed by atoms with Crippen molar-refractivity contribution in [1.29, 1.82) is 0 Å². The molecule has 0 radical (unpaired) electrons. The van der Waals surface area contributed by atoms with Crippen LogP contribution in [-0.2, 0) is 6.54 Å². The molecule has 4 heteroatoms. The van der Waals surface area contributed by atoms with Gasteiger partial charge in [-0.3, -0.25) is 0 Å². The monoisotopic (exact) mass is 289 g/mol. The van der Waals surface area contributed by atoms with Crippen molar-refractivity contribution in [2.24, 2.45) is 11.7 Å². The number of nitrogens with two attached hydrogens (primary N) is 1. The largest absolute Gasteiger partial charge is 0.320 e. The van der Waals surface area contributed by atoms with Crippen molar-refractivity contribution >= 4 is 0 Å². The van der Waals surface area contributed by atoms with Crippen molar-refractivity contribution in [2.45, 2.75) is 13.0 Å². The van der Waals surface area contributed by atoms with Gasteiger partial charge in [0.05, 0.1) is 12.1 Å². The van der Waals surface area contributed by atoms with Gasteiger partial charge in [-0.05, 0) is 50.7 Å². The van der Waals surface area contributed by atoms with E-state index in [2.05, 4.69) is 35.7 Å². The first kappa shape index (κ1) is 16.0. The Hall–Kier alpha value is -1.41. The molecule has 1 unspecified atom stereocenters. The van der Waals surface area contributed by atoms with Crippen LogP contribution in [0.15, 0.2) is 18.2 Å². The zero-order chi connectivity index (χ0) is 15.2. The quantitative estimate of drug-likeness (QED) is 0.853. The van der Waals surface area contributed by atoms with Crippen molar-refractivity contribution < 1.29 is 4.39 Å². The maximum absolute atomic E-state index is 13.6. The van der Waals surface area contributed by atoms with Crippen LogP contribution < -0.4 is 5.73 Å². The first-order valence-corrected chi connectivity index (χ1v) is 7.43. The van der Waals surface area contributed by atoms with Gasteiger partial charge in [0.2, 0.25) is 0 Å². The number of hydrogen-bond acceptors (Lipinski definition) is 3. The summed E-state index contributed by atoms with van der Waals surface area (Å²) in [5.41, 5.74) is 6.87. The SMILES string of the molecule is CN1CCC(CN(C)Cc2ccc(F)c(C#CCN)c2)C1. The fourth-order valence-corrected chi connectivity index (χ4v) is 2.91. The zero-order valence-corrected chi connectivity index (χ0v) is 12.9. The van der Waals surface area contributed by atoms with Gasteiger partial charge in [-0.1, -0.05) is 17.9 Å². The predicted molar refractivity (Wildman–Crippen MR) is 84.3 cm³/mol. The van der Waals surface area contributed by atoms with Gasteiger partial charge in [0.25, 0.3) is 0 Å². The lowest BCUT2D eigenvalue weighted by Crippen LogP contribution is -2.27. The van der Waals surface area contributed by atoms with E-state index in [0.29, 0.717) is 5.56 Å². The maximum atomic E-state index is 13.6. The number of benzene rings is 1. The third-order valence-corrected chi connectivity index (χ3v) is 3.87. The topological polar surface area (TPSA) is 32.5 Å². The lowest BCUT2D eigenvalue weighted by Gasteiger charge is -2.21. The Labute approximate surface area is 126 Å². The lowest BCUT2D eigenvalue weighted by atomic mass is 10.1. The summed E-state index contributed by atoms with van der Waals surface area (Å²) in [6, 6.07) is 5.16. The maximum Gasteiger partial charge on any atom is 0.138 e. The minimum Gasteiger partial charge on any atom is -0.320 e. The van der Waals surface area contributed by atoms with Crippen molar-refractivity contribution in [1.82, 2.24) is 9.80 Å². The lowest BCUT2D eigenvalue weighted by molar-refractivity contribution is 0.267. The summed E-state index contributed by atoms with van der Waals surface area (Å²) in [6.07, 6.45) is 1.26. The molecular formula is C17H24FN3. The van der Waals surface area contributed by atoms with Crippen LogP contribution in [0.2, 0.25) is 0 Å². The molecule has 0 amide bonds. The second kappa shape index (κ2) is 7.56. The standard InChI is InChI=1S/C17H24FN3/c1-20-9-7-15(12-20)13-21(2)11-14-5-6-17(18)16(10-14)4-3-8-19/h5-6,10,15H,7-9,11-13,19H2,1-2H3. The summed E-state index contributed by atoms with van der Waals surface area (Å²) in [4.78, 5) is 4.67. The summed E-state index contributed by atoms with van der Waals surface area (Å²) in [7, 11) is 4.29. The number of halogens is 1. The Morgan fingerprint density at radius 1 is 1.48 bits per heavy atom. The number of nitrogens with zero attached hydrogens (tertiary/aromatic N) is 2. The predicted octanol–water partition coefficient (Wildman–Crippen LogP) is 1.52. The van der Waals surface area contributed by atoms with Crippen LogP contribution >= 0.6 is 0 Å². The molecule has 0 saturated carbocycles. The third kappa shape index (κ3) is 4.82. The van der Waals surface area contributed by atoms with Crippen LogP contribution in [0.1, 0.15) is 17.5 Å². The molecule has 1 aliphatic heterocycles. The van der Waals surface area contributed by atoms with Crippen molar-refractivity contribution in [3.05, 3.63) is 35.1 Å². The Balaban J connectivity index is 1.95. The summed E-state index contributed by atoms with van der Waals surface area (Å²) in [6.45, 7) is 4.50. The minimum absolute atomic E-state index is 0.249. The van der Waals surface area contributed by atoms with Crippen LogP contribution in [0, 0.1) is 23.6 Å². The van der Waals surface area contributed by atoms with E-state index in [0.717, 1.165) is 24.6 Å². The highest BCUT2D eigenvalue weighted by Gasteiger charge is 2.20. The Bertz CT molecular complexity index is 533. The molecule has 2 N–H and O–H groups in total. The molecule has 0 aromatic heterocycles.